The van der Waals surface area contributed by atoms with E-state index in [1.807, 2.05) is 0 Å². The molecule has 0 aliphatic heterocycles. The van der Waals surface area contributed by atoms with E-state index < -0.39 is 44.8 Å². The number of nitrogens with two attached hydrogens (primary N) is 2. The number of hydrogen-bond donors (Lipinski definition) is 4. The van der Waals surface area contributed by atoms with Crippen LogP contribution in [0, 0.1) is 5.92 Å². The van der Waals surface area contributed by atoms with E-state index in [1.165, 1.54) is 6.92 Å². The van der Waals surface area contributed by atoms with Crippen molar-refractivity contribution >= 4 is 21.9 Å². The lowest BCUT2D eigenvalue weighted by Gasteiger charge is -2.39. The van der Waals surface area contributed by atoms with Gasteiger partial charge in [-0.3, -0.25) is 9.35 Å². The molecule has 6 N–H and O–H groups in total. The summed E-state index contributed by atoms with van der Waals surface area (Å²) in [5.41, 5.74) is 9.44. The van der Waals surface area contributed by atoms with Crippen molar-refractivity contribution in [2.45, 2.75) is 56.7 Å². The van der Waals surface area contributed by atoms with Gasteiger partial charge in [-0.15, -0.1) is 0 Å². The Balaban J connectivity index is 3.30. The highest BCUT2D eigenvalue weighted by Gasteiger charge is 2.67. The van der Waals surface area contributed by atoms with Crippen molar-refractivity contribution in [3.05, 3.63) is 35.9 Å². The lowest BCUT2D eigenvalue weighted by molar-refractivity contribution is -0.163. The van der Waals surface area contributed by atoms with Gasteiger partial charge in [0.15, 0.2) is 5.54 Å². The fourth-order valence-electron chi connectivity index (χ4n) is 2.82. The first-order chi connectivity index (χ1) is 12.8. The maximum Gasteiger partial charge on any atom is 0.331 e. The largest absolute Gasteiger partial charge is 0.459 e. The normalized spacial score (nSPS) is 17.4. The minimum Gasteiger partial charge on any atom is -0.459 e. The fraction of sp³-hybridized carbons (Fsp3) is 0.556. The number of rotatable bonds is 10. The molecule has 0 bridgehead atoms. The third kappa shape index (κ3) is 4.76. The summed E-state index contributed by atoms with van der Waals surface area (Å²) < 4.78 is 38.7. The van der Waals surface area contributed by atoms with E-state index >= 15 is 0 Å². The molecule has 0 saturated carbocycles. The molecule has 0 aromatic heterocycles. The van der Waals surface area contributed by atoms with Gasteiger partial charge in [0.1, 0.15) is 6.61 Å². The molecule has 3 atom stereocenters. The van der Waals surface area contributed by atoms with Crippen LogP contribution in [0.15, 0.2) is 30.3 Å². The monoisotopic (exact) mass is 416 g/mol. The Kier molecular flexibility index (Phi) is 7.86. The predicted octanol–water partition coefficient (Wildman–Crippen LogP) is 0.356. The first-order valence-corrected chi connectivity index (χ1v) is 10.2. The highest BCUT2D eigenvalue weighted by molar-refractivity contribution is 7.88. The van der Waals surface area contributed by atoms with E-state index in [4.69, 9.17) is 16.2 Å². The van der Waals surface area contributed by atoms with Gasteiger partial charge in [0, 0.05) is 0 Å². The molecule has 1 rings (SSSR count). The molecule has 0 saturated heterocycles. The second-order valence-electron chi connectivity index (χ2n) is 7.11. The van der Waals surface area contributed by atoms with Crippen LogP contribution in [0.5, 0.6) is 0 Å². The number of aliphatic hydroxyl groups is 1. The molecule has 0 fully saturated rings. The van der Waals surface area contributed by atoms with Crippen LogP contribution in [0.3, 0.4) is 0 Å². The molecule has 158 valence electrons. The van der Waals surface area contributed by atoms with Gasteiger partial charge in [0.05, 0.1) is 6.04 Å². The lowest BCUT2D eigenvalue weighted by atomic mass is 9.83. The summed E-state index contributed by atoms with van der Waals surface area (Å²) in [6, 6.07) is 6.97. The van der Waals surface area contributed by atoms with E-state index in [0.717, 1.165) is 0 Å². The molecule has 10 heteroatoms. The number of ether oxygens (including phenoxy) is 1. The maximum atomic E-state index is 12.7. The van der Waals surface area contributed by atoms with Crippen molar-refractivity contribution in [3.8, 4) is 0 Å². The van der Waals surface area contributed by atoms with Gasteiger partial charge in [-0.05, 0) is 24.3 Å². The van der Waals surface area contributed by atoms with Crippen molar-refractivity contribution in [2.24, 2.45) is 17.4 Å². The lowest BCUT2D eigenvalue weighted by Crippen LogP contribution is -2.74. The van der Waals surface area contributed by atoms with Gasteiger partial charge in [0.25, 0.3) is 4.93 Å². The SMILES string of the molecule is CCC(N)(C(=O)OCc1ccccc1)C(O)(C(=O)[C@@H](N)CC(C)C)S(=O)(=O)O. The van der Waals surface area contributed by atoms with Gasteiger partial charge in [-0.2, -0.15) is 8.42 Å². The molecule has 1 aromatic rings. The number of carbonyl (C=O) groups excluding carboxylic acids is 2. The van der Waals surface area contributed by atoms with Crippen molar-refractivity contribution in [2.75, 3.05) is 0 Å². The number of benzene rings is 1. The standard InChI is InChI=1S/C18H28N2O7S/c1-4-17(20,16(22)27-11-13-8-6-5-7-9-13)18(23,28(24,25)26)15(21)14(19)10-12(2)3/h5-9,12,14,23H,4,10-11,19-20H2,1-3H3,(H,24,25,26)/t14-,17?,18?/m0/s1. The molecule has 0 spiro atoms. The number of esters is 1. The second kappa shape index (κ2) is 9.10. The molecule has 1 aromatic carbocycles. The van der Waals surface area contributed by atoms with E-state index in [1.54, 1.807) is 44.2 Å². The number of ketones is 1. The van der Waals surface area contributed by atoms with Crippen LogP contribution < -0.4 is 11.5 Å². The molecule has 0 aliphatic rings. The average molecular weight is 416 g/mol. The first-order valence-electron chi connectivity index (χ1n) is 8.80. The highest BCUT2D eigenvalue weighted by atomic mass is 32.2. The van der Waals surface area contributed by atoms with Crippen molar-refractivity contribution in [3.63, 3.8) is 0 Å². The average Bonchev–Trinajstić information content (AvgIpc) is 2.63. The zero-order valence-electron chi connectivity index (χ0n) is 16.2. The van der Waals surface area contributed by atoms with Crippen LogP contribution in [0.2, 0.25) is 0 Å². The predicted molar refractivity (Wildman–Crippen MR) is 102 cm³/mol. The molecular weight excluding hydrogens is 388 g/mol. The fourth-order valence-corrected chi connectivity index (χ4v) is 3.91. The second-order valence-corrected chi connectivity index (χ2v) is 8.65. The minimum absolute atomic E-state index is 0.00945. The highest BCUT2D eigenvalue weighted by Crippen LogP contribution is 2.33. The van der Waals surface area contributed by atoms with Gasteiger partial charge in [-0.25, -0.2) is 4.79 Å². The van der Waals surface area contributed by atoms with Crippen molar-refractivity contribution in [1.29, 1.82) is 0 Å². The number of Topliss-reactive ketones (excluding diaryl/α,β-unsaturated/α-hetero) is 1. The summed E-state index contributed by atoms with van der Waals surface area (Å²) in [5.74, 6) is -2.95. The third-order valence-electron chi connectivity index (χ3n) is 4.51. The van der Waals surface area contributed by atoms with Crippen molar-refractivity contribution < 1.29 is 32.4 Å². The molecule has 0 heterocycles. The Morgan fingerprint density at radius 3 is 2.18 bits per heavy atom. The van der Waals surface area contributed by atoms with E-state index in [2.05, 4.69) is 0 Å². The molecule has 0 aliphatic carbocycles. The summed E-state index contributed by atoms with van der Waals surface area (Å²) in [5, 5.41) is 10.8. The van der Waals surface area contributed by atoms with Crippen LogP contribution in [0.4, 0.5) is 0 Å². The minimum atomic E-state index is -5.54. The zero-order chi connectivity index (χ0) is 21.8. The topological polar surface area (TPSA) is 170 Å². The smallest absolute Gasteiger partial charge is 0.331 e. The summed E-state index contributed by atoms with van der Waals surface area (Å²) in [4.78, 5) is 21.7. The molecule has 0 radical (unpaired) electrons. The van der Waals surface area contributed by atoms with Crippen LogP contribution in [-0.4, -0.2) is 46.3 Å². The van der Waals surface area contributed by atoms with Crippen LogP contribution in [0.25, 0.3) is 0 Å². The Hall–Kier alpha value is -1.85. The van der Waals surface area contributed by atoms with Crippen molar-refractivity contribution in [1.82, 2.24) is 0 Å². The molecule has 2 unspecified atom stereocenters. The van der Waals surface area contributed by atoms with Gasteiger partial charge >= 0.3 is 16.1 Å². The Morgan fingerprint density at radius 1 is 1.21 bits per heavy atom. The van der Waals surface area contributed by atoms with Gasteiger partial charge < -0.3 is 21.3 Å². The number of carbonyl (C=O) groups is 2. The van der Waals surface area contributed by atoms with Gasteiger partial charge in [-0.1, -0.05) is 51.1 Å². The van der Waals surface area contributed by atoms with E-state index in [-0.39, 0.29) is 18.9 Å². The molecule has 9 nitrogen and oxygen atoms in total. The summed E-state index contributed by atoms with van der Waals surface area (Å²) in [6.45, 7) is 4.46. The third-order valence-corrected chi connectivity index (χ3v) is 5.82. The van der Waals surface area contributed by atoms with E-state index in [9.17, 15) is 27.7 Å². The zero-order valence-corrected chi connectivity index (χ0v) is 17.0. The Labute approximate surface area is 164 Å². The Bertz CT molecular complexity index is 797. The summed E-state index contributed by atoms with van der Waals surface area (Å²) >= 11 is 0. The maximum absolute atomic E-state index is 12.7. The van der Waals surface area contributed by atoms with Crippen LogP contribution in [0.1, 0.15) is 39.2 Å². The molecule has 0 amide bonds. The summed E-state index contributed by atoms with van der Waals surface area (Å²) in [7, 11) is -5.54. The Morgan fingerprint density at radius 2 is 1.75 bits per heavy atom. The van der Waals surface area contributed by atoms with Crippen LogP contribution in [-0.2, 0) is 31.1 Å². The molecular formula is C18H28N2O7S. The quantitative estimate of drug-likeness (QED) is 0.310. The van der Waals surface area contributed by atoms with E-state index in [0.29, 0.717) is 5.56 Å². The number of hydrogen-bond acceptors (Lipinski definition) is 8. The first kappa shape index (κ1) is 24.2. The molecule has 28 heavy (non-hydrogen) atoms. The van der Waals surface area contributed by atoms with Gasteiger partial charge in [0.2, 0.25) is 5.78 Å². The summed E-state index contributed by atoms with van der Waals surface area (Å²) in [6.07, 6.45) is -0.507. The van der Waals surface area contributed by atoms with Crippen LogP contribution >= 0.6 is 0 Å².